The number of amides is 4. The quantitative estimate of drug-likeness (QED) is 0.553. The highest BCUT2D eigenvalue weighted by Crippen LogP contribution is 2.15. The topological polar surface area (TPSA) is 154 Å². The lowest BCUT2D eigenvalue weighted by Crippen LogP contribution is -2.68. The summed E-state index contributed by atoms with van der Waals surface area (Å²) < 4.78 is 4.97. The number of hydrogen-bond acceptors (Lipinski definition) is 6. The average Bonchev–Trinajstić information content (AvgIpc) is 2.38. The minimum atomic E-state index is -1.42. The highest BCUT2D eigenvalue weighted by Gasteiger charge is 2.44. The van der Waals surface area contributed by atoms with Crippen molar-refractivity contribution < 1.29 is 38.9 Å². The number of carbonyl (C=O) groups excluding carboxylic acids is 3. The summed E-state index contributed by atoms with van der Waals surface area (Å²) in [5.41, 5.74) is -0.758. The predicted octanol–water partition coefficient (Wildman–Crippen LogP) is -0.687. The van der Waals surface area contributed by atoms with Gasteiger partial charge in [-0.15, -0.1) is 0 Å². The van der Waals surface area contributed by atoms with Gasteiger partial charge >= 0.3 is 24.1 Å². The maximum atomic E-state index is 12.0. The second kappa shape index (κ2) is 7.15. The van der Waals surface area contributed by atoms with Gasteiger partial charge < -0.3 is 25.2 Å². The summed E-state index contributed by atoms with van der Waals surface area (Å²) in [5.74, 6) is -3.60. The van der Waals surface area contributed by atoms with Crippen LogP contribution in [-0.2, 0) is 19.1 Å². The van der Waals surface area contributed by atoms with Crippen molar-refractivity contribution in [2.75, 3.05) is 19.6 Å². The molecule has 0 saturated carbocycles. The number of urea groups is 1. The molecule has 3 N–H and O–H groups in total. The first-order valence-electron chi connectivity index (χ1n) is 6.94. The second-order valence-corrected chi connectivity index (χ2v) is 6.07. The molecule has 134 valence electrons. The number of carbonyl (C=O) groups is 5. The number of imide groups is 1. The summed E-state index contributed by atoms with van der Waals surface area (Å²) in [5, 5.41) is 19.7. The fraction of sp³-hybridized carbons (Fsp3) is 0.615. The van der Waals surface area contributed by atoms with Gasteiger partial charge in [-0.3, -0.25) is 19.3 Å². The smallest absolute Gasteiger partial charge is 0.408 e. The molecule has 0 aromatic rings. The molecule has 1 heterocycles. The molecule has 0 aromatic carbocycles. The number of likely N-dealkylation sites (tertiary alicyclic amines) is 1. The number of alkyl carbamates (subject to hydrolysis) is 1. The molecule has 1 aliphatic heterocycles. The predicted molar refractivity (Wildman–Crippen MR) is 77.1 cm³/mol. The van der Waals surface area contributed by atoms with Gasteiger partial charge in [-0.05, 0) is 20.8 Å². The fourth-order valence-electron chi connectivity index (χ4n) is 1.84. The molecular weight excluding hydrogens is 326 g/mol. The van der Waals surface area contributed by atoms with Gasteiger partial charge in [-0.25, -0.2) is 9.59 Å². The standard InChI is InChI=1S/C13H19N3O8/c1-13(2,3)24-11(22)14-7-4-16(10(7)21)12(23)15(5-8(17)18)6-9(19)20/h7H,4-6H2,1-3H3,(H,14,22)(H,17,18)(H,19,20). The maximum Gasteiger partial charge on any atom is 0.408 e. The summed E-state index contributed by atoms with van der Waals surface area (Å²) in [6.07, 6.45) is -0.833. The molecule has 1 aliphatic rings. The molecular formula is C13H19N3O8. The Labute approximate surface area is 137 Å². The van der Waals surface area contributed by atoms with Crippen LogP contribution in [-0.4, -0.2) is 81.3 Å². The molecule has 0 spiro atoms. The number of β-lactam (4-membered cyclic amide) rings is 1. The van der Waals surface area contributed by atoms with Gasteiger partial charge in [0.25, 0.3) is 5.91 Å². The van der Waals surface area contributed by atoms with Crippen LogP contribution in [0.4, 0.5) is 9.59 Å². The Morgan fingerprint density at radius 3 is 2.08 bits per heavy atom. The van der Waals surface area contributed by atoms with Crippen molar-refractivity contribution in [1.29, 1.82) is 0 Å². The molecule has 0 aromatic heterocycles. The van der Waals surface area contributed by atoms with Crippen molar-refractivity contribution >= 4 is 30.0 Å². The van der Waals surface area contributed by atoms with E-state index >= 15 is 0 Å². The van der Waals surface area contributed by atoms with E-state index in [-0.39, 0.29) is 6.54 Å². The summed E-state index contributed by atoms with van der Waals surface area (Å²) >= 11 is 0. The monoisotopic (exact) mass is 345 g/mol. The number of rotatable bonds is 5. The minimum Gasteiger partial charge on any atom is -0.480 e. The van der Waals surface area contributed by atoms with Crippen LogP contribution in [0, 0.1) is 0 Å². The molecule has 0 bridgehead atoms. The molecule has 1 rings (SSSR count). The lowest BCUT2D eigenvalue weighted by Gasteiger charge is -2.39. The number of carboxylic acid groups (broad SMARTS) is 2. The second-order valence-electron chi connectivity index (χ2n) is 6.07. The van der Waals surface area contributed by atoms with Gasteiger partial charge in [0, 0.05) is 0 Å². The number of aliphatic carboxylic acids is 2. The van der Waals surface area contributed by atoms with Crippen LogP contribution in [0.2, 0.25) is 0 Å². The third kappa shape index (κ3) is 5.41. The van der Waals surface area contributed by atoms with Gasteiger partial charge in [0.2, 0.25) is 0 Å². The van der Waals surface area contributed by atoms with E-state index in [0.717, 1.165) is 0 Å². The zero-order valence-corrected chi connectivity index (χ0v) is 13.4. The number of nitrogens with zero attached hydrogens (tertiary/aromatic N) is 2. The van der Waals surface area contributed by atoms with E-state index in [2.05, 4.69) is 5.32 Å². The molecule has 1 saturated heterocycles. The van der Waals surface area contributed by atoms with Crippen LogP contribution < -0.4 is 5.32 Å². The van der Waals surface area contributed by atoms with E-state index in [1.54, 1.807) is 20.8 Å². The lowest BCUT2D eigenvalue weighted by atomic mass is 10.1. The van der Waals surface area contributed by atoms with Crippen molar-refractivity contribution in [2.45, 2.75) is 32.4 Å². The zero-order valence-electron chi connectivity index (χ0n) is 13.4. The van der Waals surface area contributed by atoms with Crippen LogP contribution in [0.5, 0.6) is 0 Å². The number of nitrogens with one attached hydrogen (secondary N) is 1. The van der Waals surface area contributed by atoms with Crippen molar-refractivity contribution in [1.82, 2.24) is 15.1 Å². The van der Waals surface area contributed by atoms with Gasteiger partial charge in [0.1, 0.15) is 24.7 Å². The lowest BCUT2D eigenvalue weighted by molar-refractivity contribution is -0.145. The Morgan fingerprint density at radius 1 is 1.21 bits per heavy atom. The van der Waals surface area contributed by atoms with Crippen LogP contribution in [0.1, 0.15) is 20.8 Å². The summed E-state index contributed by atoms with van der Waals surface area (Å²) in [7, 11) is 0. The van der Waals surface area contributed by atoms with Gasteiger partial charge in [0.15, 0.2) is 0 Å². The molecule has 11 heteroatoms. The minimum absolute atomic E-state index is 0.202. The van der Waals surface area contributed by atoms with Crippen LogP contribution >= 0.6 is 0 Å². The zero-order chi connectivity index (χ0) is 18.7. The van der Waals surface area contributed by atoms with Gasteiger partial charge in [-0.2, -0.15) is 0 Å². The number of carboxylic acids is 2. The van der Waals surface area contributed by atoms with Crippen molar-refractivity contribution in [2.24, 2.45) is 0 Å². The molecule has 24 heavy (non-hydrogen) atoms. The highest BCUT2D eigenvalue weighted by molar-refractivity contribution is 6.04. The van der Waals surface area contributed by atoms with Crippen molar-refractivity contribution in [3.8, 4) is 0 Å². The molecule has 1 fully saturated rings. The molecule has 4 amide bonds. The van der Waals surface area contributed by atoms with Gasteiger partial charge in [0.05, 0.1) is 6.54 Å². The summed E-state index contributed by atoms with van der Waals surface area (Å²) in [6.45, 7) is 2.99. The summed E-state index contributed by atoms with van der Waals surface area (Å²) in [4.78, 5) is 58.0. The van der Waals surface area contributed by atoms with E-state index in [1.807, 2.05) is 0 Å². The molecule has 0 aliphatic carbocycles. The third-order valence-corrected chi connectivity index (χ3v) is 2.77. The van der Waals surface area contributed by atoms with E-state index in [0.29, 0.717) is 9.80 Å². The number of ether oxygens (including phenoxy) is 1. The van der Waals surface area contributed by atoms with Crippen molar-refractivity contribution in [3.63, 3.8) is 0 Å². The molecule has 1 unspecified atom stereocenters. The Morgan fingerprint density at radius 2 is 1.71 bits per heavy atom. The first-order valence-corrected chi connectivity index (χ1v) is 6.94. The first-order chi connectivity index (χ1) is 10.9. The van der Waals surface area contributed by atoms with Crippen LogP contribution in [0.25, 0.3) is 0 Å². The Hall–Kier alpha value is -2.85. The summed E-state index contributed by atoms with van der Waals surface area (Å²) in [6, 6.07) is -2.03. The van der Waals surface area contributed by atoms with E-state index < -0.39 is 54.7 Å². The largest absolute Gasteiger partial charge is 0.480 e. The fourth-order valence-corrected chi connectivity index (χ4v) is 1.84. The highest BCUT2D eigenvalue weighted by atomic mass is 16.6. The first kappa shape index (κ1) is 19.2. The van der Waals surface area contributed by atoms with Gasteiger partial charge in [-0.1, -0.05) is 0 Å². The van der Waals surface area contributed by atoms with E-state index in [9.17, 15) is 24.0 Å². The maximum absolute atomic E-state index is 12.0. The van der Waals surface area contributed by atoms with Crippen LogP contribution in [0.15, 0.2) is 0 Å². The van der Waals surface area contributed by atoms with Crippen LogP contribution in [0.3, 0.4) is 0 Å². The number of hydrogen-bond donors (Lipinski definition) is 3. The molecule has 1 atom stereocenters. The normalized spacial score (nSPS) is 16.9. The van der Waals surface area contributed by atoms with Crippen molar-refractivity contribution in [3.05, 3.63) is 0 Å². The average molecular weight is 345 g/mol. The third-order valence-electron chi connectivity index (χ3n) is 2.77. The molecule has 0 radical (unpaired) electrons. The van der Waals surface area contributed by atoms with E-state index in [1.165, 1.54) is 0 Å². The Balaban J connectivity index is 2.62. The van der Waals surface area contributed by atoms with E-state index in [4.69, 9.17) is 14.9 Å². The SMILES string of the molecule is CC(C)(C)OC(=O)NC1CN(C(=O)N(CC(=O)O)CC(=O)O)C1=O. The molecule has 11 nitrogen and oxygen atoms in total. The Bertz CT molecular complexity index is 552. The Kier molecular flexibility index (Phi) is 5.72.